The first-order chi connectivity index (χ1) is 16.9. The molecule has 3 heterocycles. The summed E-state index contributed by atoms with van der Waals surface area (Å²) in [5.74, 6) is 1.45. The van der Waals surface area contributed by atoms with E-state index in [1.54, 1.807) is 24.4 Å². The Bertz CT molecular complexity index is 1340. The molecular weight excluding hydrogens is 446 g/mol. The molecule has 0 radical (unpaired) electrons. The van der Waals surface area contributed by atoms with Crippen molar-refractivity contribution in [2.45, 2.75) is 31.9 Å². The van der Waals surface area contributed by atoms with Gasteiger partial charge in [-0.05, 0) is 31.5 Å². The summed E-state index contributed by atoms with van der Waals surface area (Å²) in [6, 6.07) is 16.5. The first-order valence-electron chi connectivity index (χ1n) is 11.2. The van der Waals surface area contributed by atoms with E-state index in [9.17, 15) is 9.90 Å². The van der Waals surface area contributed by atoms with Crippen molar-refractivity contribution in [1.82, 2.24) is 15.2 Å². The average molecular weight is 472 g/mol. The van der Waals surface area contributed by atoms with Crippen LogP contribution in [0.5, 0.6) is 5.75 Å². The normalized spacial score (nSPS) is 15.1. The van der Waals surface area contributed by atoms with E-state index in [1.807, 2.05) is 50.2 Å². The number of ether oxygens (including phenoxy) is 1. The molecule has 0 saturated carbocycles. The van der Waals surface area contributed by atoms with Crippen LogP contribution in [-0.4, -0.2) is 38.3 Å². The molecule has 9 nitrogen and oxygen atoms in total. The molecule has 2 aromatic carbocycles. The van der Waals surface area contributed by atoms with Crippen molar-refractivity contribution in [3.8, 4) is 17.2 Å². The maximum atomic E-state index is 12.5. The summed E-state index contributed by atoms with van der Waals surface area (Å²) in [5.41, 5.74) is 2.92. The van der Waals surface area contributed by atoms with Gasteiger partial charge in [0.1, 0.15) is 17.2 Å². The zero-order valence-corrected chi connectivity index (χ0v) is 19.4. The summed E-state index contributed by atoms with van der Waals surface area (Å²) in [7, 11) is 0. The second-order valence-corrected chi connectivity index (χ2v) is 8.95. The number of carbonyl (C=O) groups excluding carboxylic acids is 1. The third kappa shape index (κ3) is 4.85. The number of pyridine rings is 1. The topological polar surface area (TPSA) is 122 Å². The summed E-state index contributed by atoms with van der Waals surface area (Å²) in [6.45, 7) is 3.67. The van der Waals surface area contributed by atoms with Crippen molar-refractivity contribution in [2.75, 3.05) is 17.2 Å². The Labute approximate surface area is 202 Å². The molecular formula is C26H25N5O4. The second-order valence-electron chi connectivity index (χ2n) is 8.95. The van der Waals surface area contributed by atoms with Crippen molar-refractivity contribution in [1.29, 1.82) is 0 Å². The Kier molecular flexibility index (Phi) is 5.92. The maximum absolute atomic E-state index is 12.5. The lowest BCUT2D eigenvalue weighted by atomic mass is 9.93. The van der Waals surface area contributed by atoms with E-state index < -0.39 is 5.60 Å². The molecule has 0 amide bonds. The van der Waals surface area contributed by atoms with Crippen LogP contribution in [0.1, 0.15) is 42.2 Å². The zero-order chi connectivity index (χ0) is 24.4. The number of benzene rings is 2. The van der Waals surface area contributed by atoms with Gasteiger partial charge in [-0.3, -0.25) is 4.79 Å². The van der Waals surface area contributed by atoms with Crippen LogP contribution in [0.3, 0.4) is 0 Å². The van der Waals surface area contributed by atoms with Gasteiger partial charge >= 0.3 is 0 Å². The molecule has 1 aliphatic heterocycles. The van der Waals surface area contributed by atoms with Gasteiger partial charge in [-0.25, -0.2) is 4.98 Å². The SMILES string of the molecule is CC1(C)CC(=O)c2ccc(Nc3cc(N[C@H](CO)c4ccccc4)c(-c4nnco4)cn3)cc2O1. The van der Waals surface area contributed by atoms with Crippen LogP contribution in [-0.2, 0) is 0 Å². The molecule has 0 fully saturated rings. The monoisotopic (exact) mass is 471 g/mol. The predicted molar refractivity (Wildman–Crippen MR) is 131 cm³/mol. The summed E-state index contributed by atoms with van der Waals surface area (Å²) in [4.78, 5) is 17.0. The number of nitrogens with zero attached hydrogens (tertiary/aromatic N) is 3. The average Bonchev–Trinajstić information content (AvgIpc) is 3.37. The van der Waals surface area contributed by atoms with Crippen LogP contribution in [0.15, 0.2) is 71.6 Å². The van der Waals surface area contributed by atoms with E-state index in [1.165, 1.54) is 6.39 Å². The highest BCUT2D eigenvalue weighted by atomic mass is 16.5. The fraction of sp³-hybridized carbons (Fsp3) is 0.231. The minimum absolute atomic E-state index is 0.0623. The number of hydrogen-bond acceptors (Lipinski definition) is 9. The molecule has 35 heavy (non-hydrogen) atoms. The number of fused-ring (bicyclic) bond motifs is 1. The van der Waals surface area contributed by atoms with Gasteiger partial charge in [0.15, 0.2) is 5.78 Å². The van der Waals surface area contributed by atoms with Crippen LogP contribution in [0.25, 0.3) is 11.5 Å². The van der Waals surface area contributed by atoms with Crippen LogP contribution >= 0.6 is 0 Å². The number of ketones is 1. The zero-order valence-electron chi connectivity index (χ0n) is 19.4. The Balaban J connectivity index is 1.46. The van der Waals surface area contributed by atoms with Crippen molar-refractivity contribution in [3.63, 3.8) is 0 Å². The summed E-state index contributed by atoms with van der Waals surface area (Å²) in [6.07, 6.45) is 3.22. The van der Waals surface area contributed by atoms with E-state index in [-0.39, 0.29) is 18.4 Å². The number of Topliss-reactive ketones (excluding diaryl/α,β-unsaturated/α-hetero) is 1. The minimum atomic E-state index is -0.555. The molecule has 178 valence electrons. The van der Waals surface area contributed by atoms with E-state index in [2.05, 4.69) is 25.8 Å². The first-order valence-corrected chi connectivity index (χ1v) is 11.2. The van der Waals surface area contributed by atoms with E-state index in [0.717, 1.165) is 11.3 Å². The lowest BCUT2D eigenvalue weighted by Crippen LogP contribution is -2.35. The first kappa shape index (κ1) is 22.5. The van der Waals surface area contributed by atoms with Gasteiger partial charge in [-0.1, -0.05) is 30.3 Å². The number of aliphatic hydroxyl groups is 1. The number of aliphatic hydroxyl groups excluding tert-OH is 1. The summed E-state index contributed by atoms with van der Waals surface area (Å²) >= 11 is 0. The van der Waals surface area contributed by atoms with Gasteiger partial charge < -0.3 is 24.9 Å². The lowest BCUT2D eigenvalue weighted by molar-refractivity contribution is 0.0620. The largest absolute Gasteiger partial charge is 0.487 e. The molecule has 9 heteroatoms. The Morgan fingerprint density at radius 3 is 2.69 bits per heavy atom. The van der Waals surface area contributed by atoms with Crippen molar-refractivity contribution < 1.29 is 19.1 Å². The molecule has 1 atom stereocenters. The quantitative estimate of drug-likeness (QED) is 0.350. The van der Waals surface area contributed by atoms with Gasteiger partial charge in [0.05, 0.1) is 35.9 Å². The van der Waals surface area contributed by atoms with E-state index in [0.29, 0.717) is 40.7 Å². The van der Waals surface area contributed by atoms with Gasteiger partial charge in [-0.15, -0.1) is 10.2 Å². The van der Waals surface area contributed by atoms with Crippen LogP contribution < -0.4 is 15.4 Å². The molecule has 4 aromatic rings. The van der Waals surface area contributed by atoms with Gasteiger partial charge in [0, 0.05) is 24.0 Å². The minimum Gasteiger partial charge on any atom is -0.487 e. The van der Waals surface area contributed by atoms with Gasteiger partial charge in [-0.2, -0.15) is 0 Å². The van der Waals surface area contributed by atoms with E-state index in [4.69, 9.17) is 9.15 Å². The smallest absolute Gasteiger partial charge is 0.251 e. The number of aromatic nitrogens is 3. The summed E-state index contributed by atoms with van der Waals surface area (Å²) < 4.78 is 11.4. The highest BCUT2D eigenvalue weighted by Crippen LogP contribution is 2.36. The molecule has 0 saturated heterocycles. The second kappa shape index (κ2) is 9.19. The number of nitrogens with one attached hydrogen (secondary N) is 2. The molecule has 0 bridgehead atoms. The third-order valence-electron chi connectivity index (χ3n) is 5.74. The van der Waals surface area contributed by atoms with E-state index >= 15 is 0 Å². The Hall–Kier alpha value is -4.24. The van der Waals surface area contributed by atoms with Crippen molar-refractivity contribution in [3.05, 3.63) is 78.3 Å². The molecule has 0 aliphatic carbocycles. The predicted octanol–water partition coefficient (Wildman–Crippen LogP) is 4.76. The molecule has 1 aliphatic rings. The third-order valence-corrected chi connectivity index (χ3v) is 5.74. The lowest BCUT2D eigenvalue weighted by Gasteiger charge is -2.31. The fourth-order valence-electron chi connectivity index (χ4n) is 4.09. The number of rotatable bonds is 7. The van der Waals surface area contributed by atoms with Crippen LogP contribution in [0.4, 0.5) is 17.2 Å². The molecule has 3 N–H and O–H groups in total. The van der Waals surface area contributed by atoms with Crippen molar-refractivity contribution in [2.24, 2.45) is 0 Å². The maximum Gasteiger partial charge on any atom is 0.251 e. The van der Waals surface area contributed by atoms with Crippen LogP contribution in [0, 0.1) is 0 Å². The number of carbonyl (C=O) groups is 1. The Morgan fingerprint density at radius 1 is 1.11 bits per heavy atom. The highest BCUT2D eigenvalue weighted by Gasteiger charge is 2.32. The number of anilines is 3. The van der Waals surface area contributed by atoms with Crippen molar-refractivity contribution >= 4 is 23.0 Å². The molecule has 5 rings (SSSR count). The molecule has 0 spiro atoms. The molecule has 0 unspecified atom stereocenters. The summed E-state index contributed by atoms with van der Waals surface area (Å²) in [5, 5.41) is 24.5. The van der Waals surface area contributed by atoms with Gasteiger partial charge in [0.25, 0.3) is 5.89 Å². The standard InChI is InChI=1S/C26H25N5O4/c1-26(2)12-22(33)18-9-8-17(10-23(18)35-26)29-24-11-20(19(13-27-24)25-31-28-15-34-25)30-21(14-32)16-6-4-3-5-7-16/h3-11,13,15,21,32H,12,14H2,1-2H3,(H2,27,29,30)/t21-/m1/s1. The van der Waals surface area contributed by atoms with Gasteiger partial charge in [0.2, 0.25) is 6.39 Å². The molecule has 2 aromatic heterocycles. The fourth-order valence-corrected chi connectivity index (χ4v) is 4.09. The number of hydrogen-bond donors (Lipinski definition) is 3. The Morgan fingerprint density at radius 2 is 1.94 bits per heavy atom. The van der Waals surface area contributed by atoms with Crippen LogP contribution in [0.2, 0.25) is 0 Å². The highest BCUT2D eigenvalue weighted by molar-refractivity contribution is 6.00.